The number of hydrogen-bond donors (Lipinski definition) is 1. The molecule has 8 heteroatoms. The maximum absolute atomic E-state index is 12.0. The van der Waals surface area contributed by atoms with Gasteiger partial charge in [0.05, 0.1) is 16.9 Å². The fourth-order valence-electron chi connectivity index (χ4n) is 1.89. The Kier molecular flexibility index (Phi) is 6.23. The molecule has 0 spiro atoms. The van der Waals surface area contributed by atoms with Gasteiger partial charge >= 0.3 is 0 Å². The molecule has 2 aromatic rings. The number of aromatic nitrogens is 2. The molecular formula is C16H18Cl2N4O2. The SMILES string of the molecule is CCn1cc(/C=N\NC(=O)[C@H](C)Oc2ccc(Cl)cc2Cl)c(C)n1. The van der Waals surface area contributed by atoms with Crippen LogP contribution in [0.4, 0.5) is 0 Å². The molecule has 1 amide bonds. The second-order valence-electron chi connectivity index (χ2n) is 5.09. The van der Waals surface area contributed by atoms with Gasteiger partial charge in [-0.2, -0.15) is 10.2 Å². The maximum Gasteiger partial charge on any atom is 0.280 e. The van der Waals surface area contributed by atoms with Gasteiger partial charge in [0.25, 0.3) is 5.91 Å². The van der Waals surface area contributed by atoms with E-state index < -0.39 is 12.0 Å². The molecule has 128 valence electrons. The number of aryl methyl sites for hydroxylation is 2. The van der Waals surface area contributed by atoms with Gasteiger partial charge < -0.3 is 4.74 Å². The third kappa shape index (κ3) is 4.72. The van der Waals surface area contributed by atoms with E-state index in [0.29, 0.717) is 15.8 Å². The minimum Gasteiger partial charge on any atom is -0.479 e. The van der Waals surface area contributed by atoms with Gasteiger partial charge in [0.2, 0.25) is 0 Å². The molecule has 0 radical (unpaired) electrons. The van der Waals surface area contributed by atoms with Crippen molar-refractivity contribution >= 4 is 35.3 Å². The number of nitrogens with zero attached hydrogens (tertiary/aromatic N) is 3. The highest BCUT2D eigenvalue weighted by molar-refractivity contribution is 6.35. The van der Waals surface area contributed by atoms with Gasteiger partial charge in [-0.1, -0.05) is 23.2 Å². The summed E-state index contributed by atoms with van der Waals surface area (Å²) in [4.78, 5) is 12.0. The number of rotatable bonds is 6. The first-order valence-corrected chi connectivity index (χ1v) is 8.15. The Morgan fingerprint density at radius 2 is 2.25 bits per heavy atom. The lowest BCUT2D eigenvalue weighted by molar-refractivity contribution is -0.127. The highest BCUT2D eigenvalue weighted by Gasteiger charge is 2.15. The number of halogens is 2. The van der Waals surface area contributed by atoms with Crippen molar-refractivity contribution in [1.82, 2.24) is 15.2 Å². The smallest absolute Gasteiger partial charge is 0.280 e. The molecule has 24 heavy (non-hydrogen) atoms. The van der Waals surface area contributed by atoms with Crippen LogP contribution in [0.2, 0.25) is 10.0 Å². The van der Waals surface area contributed by atoms with Crippen LogP contribution in [-0.2, 0) is 11.3 Å². The third-order valence-corrected chi connectivity index (χ3v) is 3.78. The Morgan fingerprint density at radius 1 is 1.50 bits per heavy atom. The fourth-order valence-corrected chi connectivity index (χ4v) is 2.35. The zero-order chi connectivity index (χ0) is 17.7. The van der Waals surface area contributed by atoms with Gasteiger partial charge in [-0.25, -0.2) is 5.43 Å². The average Bonchev–Trinajstić information content (AvgIpc) is 2.90. The summed E-state index contributed by atoms with van der Waals surface area (Å²) in [5.74, 6) is -0.00874. The molecule has 6 nitrogen and oxygen atoms in total. The monoisotopic (exact) mass is 368 g/mol. The molecule has 1 aromatic carbocycles. The summed E-state index contributed by atoms with van der Waals surface area (Å²) < 4.78 is 7.32. The molecule has 0 aliphatic rings. The summed E-state index contributed by atoms with van der Waals surface area (Å²) in [6.07, 6.45) is 2.65. The lowest BCUT2D eigenvalue weighted by Gasteiger charge is -2.14. The molecule has 1 heterocycles. The van der Waals surface area contributed by atoms with E-state index in [0.717, 1.165) is 17.8 Å². The van der Waals surface area contributed by atoms with Crippen LogP contribution in [0, 0.1) is 6.92 Å². The van der Waals surface area contributed by atoms with Crippen LogP contribution in [0.1, 0.15) is 25.1 Å². The molecule has 0 unspecified atom stereocenters. The first kappa shape index (κ1) is 18.3. The number of hydrazone groups is 1. The Hall–Kier alpha value is -2.05. The lowest BCUT2D eigenvalue weighted by Crippen LogP contribution is -2.33. The van der Waals surface area contributed by atoms with Gasteiger partial charge in [0.1, 0.15) is 5.75 Å². The van der Waals surface area contributed by atoms with Gasteiger partial charge in [-0.15, -0.1) is 0 Å². The Bertz CT molecular complexity index is 759. The van der Waals surface area contributed by atoms with Gasteiger partial charge in [0.15, 0.2) is 6.10 Å². The first-order valence-electron chi connectivity index (χ1n) is 7.39. The Balaban J connectivity index is 1.93. The van der Waals surface area contributed by atoms with Crippen molar-refractivity contribution < 1.29 is 9.53 Å². The summed E-state index contributed by atoms with van der Waals surface area (Å²) in [6, 6.07) is 4.80. The minimum absolute atomic E-state index is 0.341. The van der Waals surface area contributed by atoms with Crippen LogP contribution in [-0.4, -0.2) is 28.0 Å². The van der Waals surface area contributed by atoms with Crippen LogP contribution >= 0.6 is 23.2 Å². The van der Waals surface area contributed by atoms with Crippen LogP contribution in [0.15, 0.2) is 29.5 Å². The van der Waals surface area contributed by atoms with E-state index in [-0.39, 0.29) is 0 Å². The summed E-state index contributed by atoms with van der Waals surface area (Å²) in [5.41, 5.74) is 4.12. The molecule has 1 atom stereocenters. The molecular weight excluding hydrogens is 351 g/mol. The zero-order valence-corrected chi connectivity index (χ0v) is 15.1. The molecule has 0 aliphatic heterocycles. The number of carbonyl (C=O) groups is 1. The quantitative estimate of drug-likeness (QED) is 0.627. The van der Waals surface area contributed by atoms with E-state index in [1.165, 1.54) is 0 Å². The number of ether oxygens (including phenoxy) is 1. The van der Waals surface area contributed by atoms with Crippen molar-refractivity contribution in [3.63, 3.8) is 0 Å². The molecule has 0 aliphatic carbocycles. The second-order valence-corrected chi connectivity index (χ2v) is 5.94. The second kappa shape index (κ2) is 8.17. The van der Waals surface area contributed by atoms with E-state index in [1.807, 2.05) is 20.0 Å². The van der Waals surface area contributed by atoms with Crippen molar-refractivity contribution in [2.24, 2.45) is 5.10 Å². The first-order chi connectivity index (χ1) is 11.4. The Labute approximate surface area is 150 Å². The summed E-state index contributed by atoms with van der Waals surface area (Å²) >= 11 is 11.8. The summed E-state index contributed by atoms with van der Waals surface area (Å²) in [7, 11) is 0. The van der Waals surface area contributed by atoms with E-state index in [2.05, 4.69) is 15.6 Å². The highest BCUT2D eigenvalue weighted by atomic mass is 35.5. The van der Waals surface area contributed by atoms with Gasteiger partial charge in [0, 0.05) is 23.3 Å². The minimum atomic E-state index is -0.764. The fraction of sp³-hybridized carbons (Fsp3) is 0.312. The Morgan fingerprint density at radius 3 is 2.88 bits per heavy atom. The van der Waals surface area contributed by atoms with Crippen molar-refractivity contribution in [2.45, 2.75) is 33.4 Å². The summed E-state index contributed by atoms with van der Waals surface area (Å²) in [6.45, 7) is 6.25. The van der Waals surface area contributed by atoms with Gasteiger partial charge in [-0.05, 0) is 39.0 Å². The van der Waals surface area contributed by atoms with Crippen LogP contribution < -0.4 is 10.2 Å². The van der Waals surface area contributed by atoms with E-state index in [9.17, 15) is 4.79 Å². The zero-order valence-electron chi connectivity index (χ0n) is 13.6. The van der Waals surface area contributed by atoms with Crippen molar-refractivity contribution in [3.8, 4) is 5.75 Å². The van der Waals surface area contributed by atoms with E-state index in [1.54, 1.807) is 36.0 Å². The molecule has 0 saturated heterocycles. The molecule has 1 aromatic heterocycles. The predicted octanol–water partition coefficient (Wildman–Crippen LogP) is 3.44. The van der Waals surface area contributed by atoms with Crippen LogP contribution in [0.25, 0.3) is 0 Å². The third-order valence-electron chi connectivity index (χ3n) is 3.25. The largest absolute Gasteiger partial charge is 0.479 e. The normalized spacial score (nSPS) is 12.4. The van der Waals surface area contributed by atoms with E-state index >= 15 is 0 Å². The van der Waals surface area contributed by atoms with Crippen LogP contribution in [0.3, 0.4) is 0 Å². The van der Waals surface area contributed by atoms with Crippen LogP contribution in [0.5, 0.6) is 5.75 Å². The standard InChI is InChI=1S/C16H18Cl2N4O2/c1-4-22-9-12(10(2)21-22)8-19-20-16(23)11(3)24-15-6-5-13(17)7-14(15)18/h5-9,11H,4H2,1-3H3,(H,20,23)/b19-8-/t11-/m0/s1. The predicted molar refractivity (Wildman–Crippen MR) is 94.9 cm³/mol. The number of nitrogens with one attached hydrogen (secondary N) is 1. The molecule has 2 rings (SSSR count). The number of hydrogen-bond acceptors (Lipinski definition) is 4. The molecule has 0 fully saturated rings. The van der Waals surface area contributed by atoms with Gasteiger partial charge in [-0.3, -0.25) is 9.48 Å². The van der Waals surface area contributed by atoms with Crippen molar-refractivity contribution in [3.05, 3.63) is 45.7 Å². The summed E-state index contributed by atoms with van der Waals surface area (Å²) in [5, 5.41) is 9.07. The number of benzene rings is 1. The maximum atomic E-state index is 12.0. The van der Waals surface area contributed by atoms with E-state index in [4.69, 9.17) is 27.9 Å². The number of carbonyl (C=O) groups excluding carboxylic acids is 1. The van der Waals surface area contributed by atoms with Crippen molar-refractivity contribution in [1.29, 1.82) is 0 Å². The van der Waals surface area contributed by atoms with Crippen molar-refractivity contribution in [2.75, 3.05) is 0 Å². The topological polar surface area (TPSA) is 68.5 Å². The molecule has 0 saturated carbocycles. The highest BCUT2D eigenvalue weighted by Crippen LogP contribution is 2.28. The average molecular weight is 369 g/mol. The lowest BCUT2D eigenvalue weighted by atomic mass is 10.3. The number of amides is 1. The molecule has 0 bridgehead atoms. The molecule has 1 N–H and O–H groups in total.